The van der Waals surface area contributed by atoms with Crippen LogP contribution < -0.4 is 10.2 Å². The Bertz CT molecular complexity index is 367. The molecule has 0 amide bonds. The molecule has 1 heterocycles. The van der Waals surface area contributed by atoms with Crippen molar-refractivity contribution in [2.75, 3.05) is 18.0 Å². The van der Waals surface area contributed by atoms with Crippen molar-refractivity contribution in [3.8, 4) is 0 Å². The number of hydrogen-bond acceptors (Lipinski definition) is 2. The van der Waals surface area contributed by atoms with Crippen LogP contribution in [0.5, 0.6) is 0 Å². The minimum atomic E-state index is 0.618. The summed E-state index contributed by atoms with van der Waals surface area (Å²) < 4.78 is 1.16. The predicted octanol–water partition coefficient (Wildman–Crippen LogP) is 3.42. The van der Waals surface area contributed by atoms with Crippen molar-refractivity contribution in [1.29, 1.82) is 0 Å². The van der Waals surface area contributed by atoms with E-state index in [-0.39, 0.29) is 0 Å². The van der Waals surface area contributed by atoms with E-state index in [0.717, 1.165) is 17.6 Å². The summed E-state index contributed by atoms with van der Waals surface area (Å²) in [4.78, 5) is 2.55. The lowest BCUT2D eigenvalue weighted by molar-refractivity contribution is 0.379. The molecule has 1 aliphatic heterocycles. The molecule has 2 nitrogen and oxygen atoms in total. The van der Waals surface area contributed by atoms with E-state index in [1.807, 2.05) is 0 Å². The van der Waals surface area contributed by atoms with E-state index in [0.29, 0.717) is 12.1 Å². The maximum atomic E-state index is 3.63. The highest BCUT2D eigenvalue weighted by atomic mass is 79.9. The van der Waals surface area contributed by atoms with Crippen molar-refractivity contribution in [2.45, 2.75) is 38.8 Å². The van der Waals surface area contributed by atoms with E-state index in [1.165, 1.54) is 18.5 Å². The Morgan fingerprint density at radius 1 is 1.35 bits per heavy atom. The van der Waals surface area contributed by atoms with Crippen LogP contribution >= 0.6 is 15.9 Å². The second-order valence-electron chi connectivity index (χ2n) is 4.71. The number of nitrogens with zero attached hydrogens (tertiary/aromatic N) is 1. The van der Waals surface area contributed by atoms with Crippen LogP contribution in [0.25, 0.3) is 0 Å². The number of benzene rings is 1. The third-order valence-corrected chi connectivity index (χ3v) is 4.10. The van der Waals surface area contributed by atoms with Crippen molar-refractivity contribution in [1.82, 2.24) is 5.32 Å². The van der Waals surface area contributed by atoms with Gasteiger partial charge in [0.05, 0.1) is 0 Å². The lowest BCUT2D eigenvalue weighted by atomic mass is 10.0. The van der Waals surface area contributed by atoms with Gasteiger partial charge in [-0.15, -0.1) is 0 Å². The summed E-state index contributed by atoms with van der Waals surface area (Å²) in [6, 6.07) is 9.88. The maximum absolute atomic E-state index is 3.63. The van der Waals surface area contributed by atoms with E-state index in [2.05, 4.69) is 64.3 Å². The topological polar surface area (TPSA) is 15.3 Å². The molecule has 2 unspecified atom stereocenters. The number of hydrogen-bond donors (Lipinski definition) is 1. The van der Waals surface area contributed by atoms with Gasteiger partial charge in [-0.2, -0.15) is 0 Å². The van der Waals surface area contributed by atoms with Gasteiger partial charge >= 0.3 is 0 Å². The van der Waals surface area contributed by atoms with Crippen molar-refractivity contribution in [3.05, 3.63) is 28.7 Å². The van der Waals surface area contributed by atoms with Crippen LogP contribution in [0, 0.1) is 0 Å². The fourth-order valence-electron chi connectivity index (χ4n) is 2.47. The first-order valence-corrected chi connectivity index (χ1v) is 7.29. The van der Waals surface area contributed by atoms with Gasteiger partial charge in [0, 0.05) is 35.3 Å². The van der Waals surface area contributed by atoms with E-state index in [1.54, 1.807) is 0 Å². The molecule has 1 fully saturated rings. The molecule has 1 aromatic rings. The van der Waals surface area contributed by atoms with Crippen LogP contribution in [0.3, 0.4) is 0 Å². The highest BCUT2D eigenvalue weighted by Crippen LogP contribution is 2.25. The Labute approximate surface area is 113 Å². The third kappa shape index (κ3) is 3.02. The largest absolute Gasteiger partial charge is 0.366 e. The van der Waals surface area contributed by atoms with E-state index in [9.17, 15) is 0 Å². The average molecular weight is 297 g/mol. The highest BCUT2D eigenvalue weighted by molar-refractivity contribution is 9.10. The molecule has 94 valence electrons. The molecule has 3 heteroatoms. The summed E-state index contributed by atoms with van der Waals surface area (Å²) in [5.74, 6) is 0. The number of piperazine rings is 1. The van der Waals surface area contributed by atoms with Gasteiger partial charge in [-0.1, -0.05) is 35.8 Å². The minimum Gasteiger partial charge on any atom is -0.366 e. The van der Waals surface area contributed by atoms with Gasteiger partial charge in [0.1, 0.15) is 0 Å². The standard InChI is InChI=1S/C14H21BrN2/c1-3-12-10-17(13(4-2)9-16-12)14-7-5-6-11(15)8-14/h5-8,12-13,16H,3-4,9-10H2,1-2H3. The van der Waals surface area contributed by atoms with Gasteiger partial charge in [0.25, 0.3) is 0 Å². The molecule has 1 saturated heterocycles. The normalized spacial score (nSPS) is 25.0. The Kier molecular flexibility index (Phi) is 4.46. The molecule has 0 saturated carbocycles. The van der Waals surface area contributed by atoms with Crippen molar-refractivity contribution in [2.24, 2.45) is 0 Å². The number of nitrogens with one attached hydrogen (secondary N) is 1. The Morgan fingerprint density at radius 2 is 2.18 bits per heavy atom. The lowest BCUT2D eigenvalue weighted by Gasteiger charge is -2.41. The number of halogens is 1. The monoisotopic (exact) mass is 296 g/mol. The maximum Gasteiger partial charge on any atom is 0.0412 e. The Balaban J connectivity index is 2.20. The lowest BCUT2D eigenvalue weighted by Crippen LogP contribution is -2.56. The van der Waals surface area contributed by atoms with Crippen LogP contribution in [0.1, 0.15) is 26.7 Å². The molecular formula is C14H21BrN2. The predicted molar refractivity (Wildman–Crippen MR) is 77.6 cm³/mol. The minimum absolute atomic E-state index is 0.618. The summed E-state index contributed by atoms with van der Waals surface area (Å²) in [5.41, 5.74) is 1.34. The zero-order valence-corrected chi connectivity index (χ0v) is 12.2. The van der Waals surface area contributed by atoms with Gasteiger partial charge in [-0.25, -0.2) is 0 Å². The zero-order valence-electron chi connectivity index (χ0n) is 10.6. The first-order valence-electron chi connectivity index (χ1n) is 6.50. The van der Waals surface area contributed by atoms with Crippen LogP contribution in [0.2, 0.25) is 0 Å². The molecule has 0 radical (unpaired) electrons. The summed E-state index contributed by atoms with van der Waals surface area (Å²) >= 11 is 3.56. The second-order valence-corrected chi connectivity index (χ2v) is 5.62. The van der Waals surface area contributed by atoms with Crippen molar-refractivity contribution in [3.63, 3.8) is 0 Å². The van der Waals surface area contributed by atoms with Gasteiger partial charge < -0.3 is 10.2 Å². The smallest absolute Gasteiger partial charge is 0.0412 e. The van der Waals surface area contributed by atoms with Gasteiger partial charge in [0.2, 0.25) is 0 Å². The molecule has 1 aliphatic rings. The molecule has 2 atom stereocenters. The summed E-state index contributed by atoms with van der Waals surface area (Å²) in [5, 5.41) is 3.63. The molecule has 2 rings (SSSR count). The van der Waals surface area contributed by atoms with Crippen molar-refractivity contribution < 1.29 is 0 Å². The SMILES string of the molecule is CCC1CN(c2cccc(Br)c2)C(CC)CN1. The number of anilines is 1. The Morgan fingerprint density at radius 3 is 2.82 bits per heavy atom. The fourth-order valence-corrected chi connectivity index (χ4v) is 2.86. The van der Waals surface area contributed by atoms with Crippen LogP contribution in [0.4, 0.5) is 5.69 Å². The van der Waals surface area contributed by atoms with Crippen LogP contribution in [-0.2, 0) is 0 Å². The molecule has 1 N–H and O–H groups in total. The molecular weight excluding hydrogens is 276 g/mol. The molecule has 1 aromatic carbocycles. The zero-order chi connectivity index (χ0) is 12.3. The average Bonchev–Trinajstić information content (AvgIpc) is 2.38. The van der Waals surface area contributed by atoms with Gasteiger partial charge in [-0.05, 0) is 31.0 Å². The van der Waals surface area contributed by atoms with Crippen LogP contribution in [0.15, 0.2) is 28.7 Å². The molecule has 0 spiro atoms. The molecule has 0 aliphatic carbocycles. The van der Waals surface area contributed by atoms with Crippen molar-refractivity contribution >= 4 is 21.6 Å². The van der Waals surface area contributed by atoms with E-state index >= 15 is 0 Å². The first-order chi connectivity index (χ1) is 8.24. The first kappa shape index (κ1) is 12.9. The summed E-state index contributed by atoms with van der Waals surface area (Å²) in [7, 11) is 0. The Hall–Kier alpha value is -0.540. The molecule has 17 heavy (non-hydrogen) atoms. The van der Waals surface area contributed by atoms with E-state index in [4.69, 9.17) is 0 Å². The van der Waals surface area contributed by atoms with Crippen LogP contribution in [-0.4, -0.2) is 25.2 Å². The van der Waals surface area contributed by atoms with Gasteiger partial charge in [-0.3, -0.25) is 0 Å². The number of rotatable bonds is 3. The highest BCUT2D eigenvalue weighted by Gasteiger charge is 2.25. The van der Waals surface area contributed by atoms with E-state index < -0.39 is 0 Å². The fraction of sp³-hybridized carbons (Fsp3) is 0.571. The molecule has 0 bridgehead atoms. The molecule has 0 aromatic heterocycles. The second kappa shape index (κ2) is 5.87. The van der Waals surface area contributed by atoms with Gasteiger partial charge in [0.15, 0.2) is 0 Å². The third-order valence-electron chi connectivity index (χ3n) is 3.60. The quantitative estimate of drug-likeness (QED) is 0.919. The summed E-state index contributed by atoms with van der Waals surface area (Å²) in [6.07, 6.45) is 2.39. The summed E-state index contributed by atoms with van der Waals surface area (Å²) in [6.45, 7) is 6.74.